The molecule has 0 aliphatic rings. The third-order valence-corrected chi connectivity index (χ3v) is 2.44. The smallest absolute Gasteiger partial charge is 0.119 e. The summed E-state index contributed by atoms with van der Waals surface area (Å²) in [7, 11) is 0. The van der Waals surface area contributed by atoms with Crippen LogP contribution in [0.5, 0.6) is 5.75 Å². The highest BCUT2D eigenvalue weighted by atomic mass is 16.5. The van der Waals surface area contributed by atoms with Crippen LogP contribution in [0.15, 0.2) is 60.7 Å². The standard InChI is InChI=1S/C15H17NO/c1-3-8-14(9-4-1)16-12-7-13-17-15-10-5-2-6-11-15/h1-6,8-11,16H,7,12-13H2. The number of nitrogens with one attached hydrogen (secondary N) is 1. The number of benzene rings is 2. The van der Waals surface area contributed by atoms with Crippen molar-refractivity contribution >= 4 is 5.69 Å². The molecule has 0 saturated heterocycles. The number of hydrogen-bond acceptors (Lipinski definition) is 2. The van der Waals surface area contributed by atoms with E-state index in [1.54, 1.807) is 0 Å². The summed E-state index contributed by atoms with van der Waals surface area (Å²) in [5.74, 6) is 0.937. The van der Waals surface area contributed by atoms with Crippen LogP contribution in [0, 0.1) is 0 Å². The van der Waals surface area contributed by atoms with Gasteiger partial charge < -0.3 is 10.1 Å². The van der Waals surface area contributed by atoms with E-state index < -0.39 is 0 Å². The maximum absolute atomic E-state index is 5.60. The molecule has 0 saturated carbocycles. The average Bonchev–Trinajstić information content (AvgIpc) is 2.41. The SMILES string of the molecule is c1ccc(NCCCOc2ccccc2)cc1. The second kappa shape index (κ2) is 6.59. The summed E-state index contributed by atoms with van der Waals surface area (Å²) in [6.45, 7) is 1.67. The molecule has 2 aromatic carbocycles. The van der Waals surface area contributed by atoms with Gasteiger partial charge in [-0.25, -0.2) is 0 Å². The van der Waals surface area contributed by atoms with Gasteiger partial charge in [0.25, 0.3) is 0 Å². The monoisotopic (exact) mass is 227 g/mol. The average molecular weight is 227 g/mol. The summed E-state index contributed by atoms with van der Waals surface area (Å²) in [5, 5.41) is 3.35. The van der Waals surface area contributed by atoms with Crippen LogP contribution in [0.3, 0.4) is 0 Å². The van der Waals surface area contributed by atoms with Crippen LogP contribution in [-0.2, 0) is 0 Å². The Bertz CT molecular complexity index is 372. The number of anilines is 1. The molecule has 2 nitrogen and oxygen atoms in total. The summed E-state index contributed by atoms with van der Waals surface area (Å²) >= 11 is 0. The van der Waals surface area contributed by atoms with Gasteiger partial charge in [0.2, 0.25) is 0 Å². The third kappa shape index (κ3) is 4.19. The molecule has 0 amide bonds. The fraction of sp³-hybridized carbons (Fsp3) is 0.200. The Morgan fingerprint density at radius 2 is 1.47 bits per heavy atom. The van der Waals surface area contributed by atoms with Crippen LogP contribution in [0.4, 0.5) is 5.69 Å². The van der Waals surface area contributed by atoms with Gasteiger partial charge in [0, 0.05) is 12.2 Å². The van der Waals surface area contributed by atoms with Crippen LogP contribution >= 0.6 is 0 Å². The molecule has 0 aliphatic heterocycles. The molecule has 0 atom stereocenters. The quantitative estimate of drug-likeness (QED) is 0.762. The van der Waals surface area contributed by atoms with Crippen LogP contribution in [-0.4, -0.2) is 13.2 Å². The highest BCUT2D eigenvalue weighted by Crippen LogP contribution is 2.09. The maximum atomic E-state index is 5.60. The molecule has 1 N–H and O–H groups in total. The maximum Gasteiger partial charge on any atom is 0.119 e. The third-order valence-electron chi connectivity index (χ3n) is 2.44. The van der Waals surface area contributed by atoms with Gasteiger partial charge in [-0.05, 0) is 30.7 Å². The Kier molecular flexibility index (Phi) is 4.46. The fourth-order valence-corrected chi connectivity index (χ4v) is 1.57. The zero-order chi connectivity index (χ0) is 11.8. The number of para-hydroxylation sites is 2. The van der Waals surface area contributed by atoms with Gasteiger partial charge >= 0.3 is 0 Å². The summed E-state index contributed by atoms with van der Waals surface area (Å²) in [6.07, 6.45) is 0.990. The van der Waals surface area contributed by atoms with Crippen molar-refractivity contribution in [1.82, 2.24) is 0 Å². The molecule has 0 fully saturated rings. The predicted molar refractivity (Wildman–Crippen MR) is 71.5 cm³/mol. The van der Waals surface area contributed by atoms with E-state index in [4.69, 9.17) is 4.74 Å². The first-order chi connectivity index (χ1) is 8.45. The van der Waals surface area contributed by atoms with E-state index in [1.165, 1.54) is 0 Å². The Morgan fingerprint density at radius 1 is 0.824 bits per heavy atom. The lowest BCUT2D eigenvalue weighted by molar-refractivity contribution is 0.315. The molecule has 0 heterocycles. The molecule has 17 heavy (non-hydrogen) atoms. The van der Waals surface area contributed by atoms with Gasteiger partial charge in [-0.15, -0.1) is 0 Å². The van der Waals surface area contributed by atoms with Gasteiger partial charge in [0.1, 0.15) is 5.75 Å². The molecule has 2 rings (SSSR count). The van der Waals surface area contributed by atoms with Crippen molar-refractivity contribution < 1.29 is 4.74 Å². The molecular formula is C15H17NO. The lowest BCUT2D eigenvalue weighted by Crippen LogP contribution is -2.07. The number of rotatable bonds is 6. The Labute approximate surface area is 102 Å². The van der Waals surface area contributed by atoms with Gasteiger partial charge in [-0.2, -0.15) is 0 Å². The van der Waals surface area contributed by atoms with Gasteiger partial charge in [0.15, 0.2) is 0 Å². The topological polar surface area (TPSA) is 21.3 Å². The predicted octanol–water partition coefficient (Wildman–Crippen LogP) is 3.57. The highest BCUT2D eigenvalue weighted by Gasteiger charge is 1.92. The first-order valence-electron chi connectivity index (χ1n) is 5.92. The molecule has 0 aromatic heterocycles. The molecule has 0 aliphatic carbocycles. The van der Waals surface area contributed by atoms with Crippen molar-refractivity contribution in [1.29, 1.82) is 0 Å². The fourth-order valence-electron chi connectivity index (χ4n) is 1.57. The summed E-state index contributed by atoms with van der Waals surface area (Å²) < 4.78 is 5.60. The van der Waals surface area contributed by atoms with Crippen molar-refractivity contribution in [3.8, 4) is 5.75 Å². The van der Waals surface area contributed by atoms with Crippen molar-refractivity contribution in [3.05, 3.63) is 60.7 Å². The van der Waals surface area contributed by atoms with Gasteiger partial charge in [-0.1, -0.05) is 36.4 Å². The molecular weight excluding hydrogens is 210 g/mol. The Hall–Kier alpha value is -1.96. The van der Waals surface area contributed by atoms with E-state index in [0.29, 0.717) is 0 Å². The molecule has 2 aromatic rings. The minimum absolute atomic E-state index is 0.740. The Balaban J connectivity index is 1.61. The molecule has 0 radical (unpaired) electrons. The van der Waals surface area contributed by atoms with Crippen molar-refractivity contribution in [2.24, 2.45) is 0 Å². The van der Waals surface area contributed by atoms with E-state index >= 15 is 0 Å². The minimum atomic E-state index is 0.740. The number of ether oxygens (including phenoxy) is 1. The second-order valence-electron chi connectivity index (χ2n) is 3.81. The first-order valence-corrected chi connectivity index (χ1v) is 5.92. The minimum Gasteiger partial charge on any atom is -0.494 e. The van der Waals surface area contributed by atoms with E-state index in [9.17, 15) is 0 Å². The largest absolute Gasteiger partial charge is 0.494 e. The van der Waals surface area contributed by atoms with Crippen LogP contribution < -0.4 is 10.1 Å². The van der Waals surface area contributed by atoms with Crippen molar-refractivity contribution in [2.75, 3.05) is 18.5 Å². The van der Waals surface area contributed by atoms with Gasteiger partial charge in [0.05, 0.1) is 6.61 Å². The molecule has 2 heteroatoms. The molecule has 0 unspecified atom stereocenters. The normalized spacial score (nSPS) is 9.88. The van der Waals surface area contributed by atoms with E-state index in [1.807, 2.05) is 48.5 Å². The van der Waals surface area contributed by atoms with Crippen molar-refractivity contribution in [2.45, 2.75) is 6.42 Å². The van der Waals surface area contributed by atoms with E-state index in [2.05, 4.69) is 17.4 Å². The van der Waals surface area contributed by atoms with E-state index in [0.717, 1.165) is 31.0 Å². The zero-order valence-corrected chi connectivity index (χ0v) is 9.80. The lowest BCUT2D eigenvalue weighted by atomic mass is 10.3. The Morgan fingerprint density at radius 3 is 2.18 bits per heavy atom. The molecule has 88 valence electrons. The van der Waals surface area contributed by atoms with Crippen LogP contribution in [0.25, 0.3) is 0 Å². The summed E-state index contributed by atoms with van der Waals surface area (Å²) in [5.41, 5.74) is 1.16. The summed E-state index contributed by atoms with van der Waals surface area (Å²) in [6, 6.07) is 20.1. The zero-order valence-electron chi connectivity index (χ0n) is 9.80. The number of hydrogen-bond donors (Lipinski definition) is 1. The van der Waals surface area contributed by atoms with Crippen LogP contribution in [0.1, 0.15) is 6.42 Å². The second-order valence-corrected chi connectivity index (χ2v) is 3.81. The van der Waals surface area contributed by atoms with Gasteiger partial charge in [-0.3, -0.25) is 0 Å². The molecule has 0 bridgehead atoms. The summed E-state index contributed by atoms with van der Waals surface area (Å²) in [4.78, 5) is 0. The lowest BCUT2D eigenvalue weighted by Gasteiger charge is -2.07. The first kappa shape index (κ1) is 11.5. The molecule has 0 spiro atoms. The van der Waals surface area contributed by atoms with Crippen molar-refractivity contribution in [3.63, 3.8) is 0 Å². The highest BCUT2D eigenvalue weighted by molar-refractivity contribution is 5.42. The van der Waals surface area contributed by atoms with E-state index in [-0.39, 0.29) is 0 Å². The van der Waals surface area contributed by atoms with Crippen LogP contribution in [0.2, 0.25) is 0 Å².